The van der Waals surface area contributed by atoms with Gasteiger partial charge in [-0.15, -0.1) is 0 Å². The van der Waals surface area contributed by atoms with Gasteiger partial charge in [-0.3, -0.25) is 14.4 Å². The molecule has 9 heteroatoms. The molecule has 0 aliphatic carbocycles. The van der Waals surface area contributed by atoms with Crippen LogP contribution in [0.25, 0.3) is 0 Å². The molecule has 0 aromatic heterocycles. The second-order valence-corrected chi connectivity index (χ2v) is 7.48. The van der Waals surface area contributed by atoms with Crippen molar-refractivity contribution >= 4 is 58.3 Å². The van der Waals surface area contributed by atoms with Gasteiger partial charge in [-0.2, -0.15) is 0 Å². The zero-order chi connectivity index (χ0) is 22.3. The van der Waals surface area contributed by atoms with Gasteiger partial charge in [0.25, 0.3) is 17.7 Å². The minimum atomic E-state index is -1.20. The number of imide groups is 1. The van der Waals surface area contributed by atoms with E-state index in [0.29, 0.717) is 10.6 Å². The molecule has 154 valence electrons. The summed E-state index contributed by atoms with van der Waals surface area (Å²) < 4.78 is 0. The number of anilines is 2. The molecular formula is C22H12Cl2N2O5. The van der Waals surface area contributed by atoms with Crippen molar-refractivity contribution in [1.82, 2.24) is 0 Å². The topological polar surface area (TPSA) is 104 Å². The van der Waals surface area contributed by atoms with E-state index in [0.717, 1.165) is 4.90 Å². The van der Waals surface area contributed by atoms with Crippen molar-refractivity contribution in [3.05, 3.63) is 93.0 Å². The second-order valence-electron chi connectivity index (χ2n) is 6.64. The molecule has 0 fully saturated rings. The minimum Gasteiger partial charge on any atom is -0.478 e. The maximum absolute atomic E-state index is 12.8. The van der Waals surface area contributed by atoms with Crippen molar-refractivity contribution in [3.8, 4) is 0 Å². The number of aromatic carboxylic acids is 1. The molecular weight excluding hydrogens is 443 g/mol. The summed E-state index contributed by atoms with van der Waals surface area (Å²) in [4.78, 5) is 49.9. The van der Waals surface area contributed by atoms with Crippen LogP contribution in [0.4, 0.5) is 11.4 Å². The van der Waals surface area contributed by atoms with Gasteiger partial charge in [-0.25, -0.2) is 9.69 Å². The van der Waals surface area contributed by atoms with Gasteiger partial charge in [0, 0.05) is 10.6 Å². The lowest BCUT2D eigenvalue weighted by molar-refractivity contribution is 0.0696. The molecule has 0 spiro atoms. The SMILES string of the molecule is O=C(O)c1ccc2c(c1)C(=O)N(c1ccc(NC(=O)c3ccc(Cl)cc3)c(Cl)c1)C2=O. The Morgan fingerprint density at radius 1 is 0.806 bits per heavy atom. The first-order valence-electron chi connectivity index (χ1n) is 8.89. The monoisotopic (exact) mass is 454 g/mol. The van der Waals surface area contributed by atoms with Crippen LogP contribution in [0.2, 0.25) is 10.0 Å². The number of rotatable bonds is 4. The van der Waals surface area contributed by atoms with Crippen molar-refractivity contribution < 1.29 is 24.3 Å². The normalized spacial score (nSPS) is 12.6. The van der Waals surface area contributed by atoms with E-state index in [2.05, 4.69) is 5.32 Å². The highest BCUT2D eigenvalue weighted by Crippen LogP contribution is 2.33. The number of hydrogen-bond donors (Lipinski definition) is 2. The Kier molecular flexibility index (Phi) is 5.22. The first-order chi connectivity index (χ1) is 14.8. The molecule has 31 heavy (non-hydrogen) atoms. The van der Waals surface area contributed by atoms with Gasteiger partial charge in [0.15, 0.2) is 0 Å². The maximum atomic E-state index is 12.8. The highest BCUT2D eigenvalue weighted by atomic mass is 35.5. The molecule has 3 aromatic carbocycles. The lowest BCUT2D eigenvalue weighted by atomic mass is 10.1. The Balaban J connectivity index is 1.60. The van der Waals surface area contributed by atoms with E-state index >= 15 is 0 Å². The molecule has 0 saturated carbocycles. The van der Waals surface area contributed by atoms with Crippen LogP contribution in [-0.4, -0.2) is 28.8 Å². The number of nitrogens with one attached hydrogen (secondary N) is 1. The minimum absolute atomic E-state index is 0.00106. The van der Waals surface area contributed by atoms with E-state index in [9.17, 15) is 19.2 Å². The average Bonchev–Trinajstić information content (AvgIpc) is 2.99. The zero-order valence-electron chi connectivity index (χ0n) is 15.6. The van der Waals surface area contributed by atoms with Crippen molar-refractivity contribution in [2.24, 2.45) is 0 Å². The fourth-order valence-corrected chi connectivity index (χ4v) is 3.50. The molecule has 1 aliphatic heterocycles. The predicted molar refractivity (Wildman–Crippen MR) is 115 cm³/mol. The van der Waals surface area contributed by atoms with Gasteiger partial charge >= 0.3 is 5.97 Å². The van der Waals surface area contributed by atoms with E-state index in [1.165, 1.54) is 36.4 Å². The quantitative estimate of drug-likeness (QED) is 0.553. The molecule has 1 aliphatic rings. The number of benzene rings is 3. The lowest BCUT2D eigenvalue weighted by Crippen LogP contribution is -2.29. The van der Waals surface area contributed by atoms with Crippen LogP contribution < -0.4 is 10.2 Å². The molecule has 4 rings (SSSR count). The first kappa shape index (κ1) is 20.6. The van der Waals surface area contributed by atoms with E-state index in [4.69, 9.17) is 28.3 Å². The lowest BCUT2D eigenvalue weighted by Gasteiger charge is -2.16. The third-order valence-corrected chi connectivity index (χ3v) is 5.26. The van der Waals surface area contributed by atoms with Crippen LogP contribution in [0.5, 0.6) is 0 Å². The highest BCUT2D eigenvalue weighted by Gasteiger charge is 2.37. The van der Waals surface area contributed by atoms with Crippen LogP contribution in [0.15, 0.2) is 60.7 Å². The fourth-order valence-electron chi connectivity index (χ4n) is 3.15. The molecule has 0 saturated heterocycles. The van der Waals surface area contributed by atoms with Crippen LogP contribution in [-0.2, 0) is 0 Å². The molecule has 0 bridgehead atoms. The molecule has 3 amide bonds. The predicted octanol–water partition coefficient (Wildman–Crippen LogP) is 4.74. The Bertz CT molecular complexity index is 1270. The van der Waals surface area contributed by atoms with Gasteiger partial charge in [-0.05, 0) is 60.7 Å². The smallest absolute Gasteiger partial charge is 0.335 e. The van der Waals surface area contributed by atoms with Crippen LogP contribution in [0.1, 0.15) is 41.4 Å². The summed E-state index contributed by atoms with van der Waals surface area (Å²) in [6, 6.07) is 14.3. The number of nitrogens with zero attached hydrogens (tertiary/aromatic N) is 1. The van der Waals surface area contributed by atoms with Gasteiger partial charge in [-0.1, -0.05) is 23.2 Å². The summed E-state index contributed by atoms with van der Waals surface area (Å²) >= 11 is 12.1. The van der Waals surface area contributed by atoms with E-state index in [1.807, 2.05) is 0 Å². The summed E-state index contributed by atoms with van der Waals surface area (Å²) in [5, 5.41) is 12.4. The summed E-state index contributed by atoms with van der Waals surface area (Å²) in [5.41, 5.74) is 0.860. The molecule has 0 unspecified atom stereocenters. The number of amides is 3. The molecule has 0 atom stereocenters. The standard InChI is InChI=1S/C22H12Cl2N2O5/c23-13-4-1-11(2-5-13)19(27)25-18-8-6-14(10-17(18)24)26-20(28)15-7-3-12(22(30)31)9-16(15)21(26)29/h1-10H,(H,25,27)(H,30,31). The largest absolute Gasteiger partial charge is 0.478 e. The van der Waals surface area contributed by atoms with Crippen molar-refractivity contribution in [1.29, 1.82) is 0 Å². The van der Waals surface area contributed by atoms with Gasteiger partial charge in [0.1, 0.15) is 0 Å². The summed E-state index contributed by atoms with van der Waals surface area (Å²) in [5.74, 6) is -2.86. The second kappa shape index (κ2) is 7.86. The fraction of sp³-hybridized carbons (Fsp3) is 0. The summed E-state index contributed by atoms with van der Waals surface area (Å²) in [7, 11) is 0. The third kappa shape index (κ3) is 3.76. The number of carboxylic acids is 1. The van der Waals surface area contributed by atoms with Gasteiger partial charge < -0.3 is 10.4 Å². The van der Waals surface area contributed by atoms with Crippen LogP contribution in [0.3, 0.4) is 0 Å². The van der Waals surface area contributed by atoms with E-state index < -0.39 is 23.7 Å². The Labute approximate surface area is 185 Å². The first-order valence-corrected chi connectivity index (χ1v) is 9.64. The highest BCUT2D eigenvalue weighted by molar-refractivity contribution is 6.37. The third-order valence-electron chi connectivity index (χ3n) is 4.70. The molecule has 1 heterocycles. The van der Waals surface area contributed by atoms with Crippen molar-refractivity contribution in [2.45, 2.75) is 0 Å². The Hall–Kier alpha value is -3.68. The van der Waals surface area contributed by atoms with Crippen molar-refractivity contribution in [2.75, 3.05) is 10.2 Å². The van der Waals surface area contributed by atoms with Crippen LogP contribution >= 0.6 is 23.2 Å². The van der Waals surface area contributed by atoms with Crippen molar-refractivity contribution in [3.63, 3.8) is 0 Å². The van der Waals surface area contributed by atoms with E-state index in [-0.39, 0.29) is 33.1 Å². The Morgan fingerprint density at radius 2 is 1.45 bits per heavy atom. The molecule has 0 radical (unpaired) electrons. The summed E-state index contributed by atoms with van der Waals surface area (Å²) in [6.07, 6.45) is 0. The average molecular weight is 455 g/mol. The number of halogens is 2. The maximum Gasteiger partial charge on any atom is 0.335 e. The number of hydrogen-bond acceptors (Lipinski definition) is 4. The van der Waals surface area contributed by atoms with E-state index in [1.54, 1.807) is 24.3 Å². The van der Waals surface area contributed by atoms with Gasteiger partial charge in [0.2, 0.25) is 0 Å². The van der Waals surface area contributed by atoms with Crippen LogP contribution in [0, 0.1) is 0 Å². The molecule has 2 N–H and O–H groups in total. The Morgan fingerprint density at radius 3 is 2.10 bits per heavy atom. The number of carbonyl (C=O) groups is 4. The summed E-state index contributed by atoms with van der Waals surface area (Å²) in [6.45, 7) is 0. The molecule has 3 aromatic rings. The zero-order valence-corrected chi connectivity index (χ0v) is 17.1. The van der Waals surface area contributed by atoms with Gasteiger partial charge in [0.05, 0.1) is 33.1 Å². The number of carbonyl (C=O) groups excluding carboxylic acids is 3. The molecule has 7 nitrogen and oxygen atoms in total. The number of fused-ring (bicyclic) bond motifs is 1. The number of carboxylic acid groups (broad SMARTS) is 1.